The summed E-state index contributed by atoms with van der Waals surface area (Å²) in [6.07, 6.45) is 1.88. The lowest BCUT2D eigenvalue weighted by molar-refractivity contribution is -0.146. The molecule has 9 heteroatoms. The Morgan fingerprint density at radius 3 is 2.57 bits per heavy atom. The second kappa shape index (κ2) is 7.49. The van der Waals surface area contributed by atoms with Gasteiger partial charge in [0.05, 0.1) is 5.92 Å². The number of likely N-dealkylation sites (tertiary alicyclic amines) is 2. The molecule has 0 saturated carbocycles. The van der Waals surface area contributed by atoms with Gasteiger partial charge in [-0.15, -0.1) is 10.2 Å². The number of amides is 3. The minimum Gasteiger partial charge on any atom is -0.420 e. The quantitative estimate of drug-likeness (QED) is 0.743. The van der Waals surface area contributed by atoms with E-state index >= 15 is 0 Å². The van der Waals surface area contributed by atoms with Gasteiger partial charge < -0.3 is 9.32 Å². The Balaban J connectivity index is 1.42. The molecule has 1 unspecified atom stereocenters. The first kappa shape index (κ1) is 18.3. The van der Waals surface area contributed by atoms with Gasteiger partial charge >= 0.3 is 0 Å². The van der Waals surface area contributed by atoms with Gasteiger partial charge in [-0.25, -0.2) is 4.39 Å². The molecule has 1 atom stereocenters. The zero-order valence-electron chi connectivity index (χ0n) is 15.1. The third-order valence-electron chi connectivity index (χ3n) is 5.10. The largest absolute Gasteiger partial charge is 0.420 e. The SMILES string of the molecule is O=C(CN1C(=O)CCC1=O)N1CCCC(c2nnc(-c3ccc(F)cc3)o2)C1. The third kappa shape index (κ3) is 3.64. The Hall–Kier alpha value is -3.10. The lowest BCUT2D eigenvalue weighted by atomic mass is 9.98. The van der Waals surface area contributed by atoms with Crippen LogP contribution in [0.2, 0.25) is 0 Å². The summed E-state index contributed by atoms with van der Waals surface area (Å²) >= 11 is 0. The highest BCUT2D eigenvalue weighted by Crippen LogP contribution is 2.28. The first-order valence-electron chi connectivity index (χ1n) is 9.21. The lowest BCUT2D eigenvalue weighted by Crippen LogP contribution is -2.46. The predicted octanol–water partition coefficient (Wildman–Crippen LogP) is 1.73. The summed E-state index contributed by atoms with van der Waals surface area (Å²) in [7, 11) is 0. The van der Waals surface area contributed by atoms with Gasteiger partial charge in [-0.2, -0.15) is 0 Å². The summed E-state index contributed by atoms with van der Waals surface area (Å²) in [5.41, 5.74) is 0.620. The van der Waals surface area contributed by atoms with Crippen molar-refractivity contribution in [2.24, 2.45) is 0 Å². The molecular formula is C19H19FN4O4. The first-order valence-corrected chi connectivity index (χ1v) is 9.21. The molecule has 3 amide bonds. The molecule has 3 heterocycles. The van der Waals surface area contributed by atoms with E-state index in [-0.39, 0.29) is 48.8 Å². The Kier molecular flexibility index (Phi) is 4.89. The molecule has 1 aromatic carbocycles. The maximum atomic E-state index is 13.1. The van der Waals surface area contributed by atoms with E-state index in [1.165, 1.54) is 12.1 Å². The number of piperidine rings is 1. The summed E-state index contributed by atoms with van der Waals surface area (Å²) < 4.78 is 18.8. The van der Waals surface area contributed by atoms with E-state index in [0.717, 1.165) is 17.7 Å². The van der Waals surface area contributed by atoms with E-state index in [2.05, 4.69) is 10.2 Å². The average Bonchev–Trinajstić information content (AvgIpc) is 3.31. The standard InChI is InChI=1S/C19H19FN4O4/c20-14-5-3-12(4-6-14)18-21-22-19(28-18)13-2-1-9-23(10-13)17(27)11-24-15(25)7-8-16(24)26/h3-6,13H,1-2,7-11H2. The zero-order valence-corrected chi connectivity index (χ0v) is 15.1. The Morgan fingerprint density at radius 1 is 1.14 bits per heavy atom. The van der Waals surface area contributed by atoms with Gasteiger partial charge in [-0.3, -0.25) is 19.3 Å². The van der Waals surface area contributed by atoms with Crippen LogP contribution in [0.1, 0.15) is 37.5 Å². The number of aromatic nitrogens is 2. The maximum Gasteiger partial charge on any atom is 0.247 e. The van der Waals surface area contributed by atoms with Crippen molar-refractivity contribution in [2.75, 3.05) is 19.6 Å². The molecule has 4 rings (SSSR count). The van der Waals surface area contributed by atoms with Gasteiger partial charge in [-0.05, 0) is 37.1 Å². The highest BCUT2D eigenvalue weighted by molar-refractivity contribution is 6.04. The molecule has 2 aliphatic heterocycles. The van der Waals surface area contributed by atoms with Crippen LogP contribution in [0.3, 0.4) is 0 Å². The molecule has 146 valence electrons. The van der Waals surface area contributed by atoms with E-state index in [4.69, 9.17) is 4.42 Å². The monoisotopic (exact) mass is 386 g/mol. The van der Waals surface area contributed by atoms with Gasteiger partial charge in [0.25, 0.3) is 0 Å². The molecular weight excluding hydrogens is 367 g/mol. The fraction of sp³-hybridized carbons (Fsp3) is 0.421. The van der Waals surface area contributed by atoms with Crippen LogP contribution in [0.25, 0.3) is 11.5 Å². The molecule has 0 N–H and O–H groups in total. The van der Waals surface area contributed by atoms with Crippen LogP contribution in [-0.4, -0.2) is 57.4 Å². The van der Waals surface area contributed by atoms with Crippen LogP contribution >= 0.6 is 0 Å². The summed E-state index contributed by atoms with van der Waals surface area (Å²) in [6.45, 7) is 0.736. The van der Waals surface area contributed by atoms with Gasteiger partial charge in [0.1, 0.15) is 12.4 Å². The fourth-order valence-corrected chi connectivity index (χ4v) is 3.55. The fourth-order valence-electron chi connectivity index (χ4n) is 3.55. The van der Waals surface area contributed by atoms with Crippen molar-refractivity contribution in [2.45, 2.75) is 31.6 Å². The first-order chi connectivity index (χ1) is 13.5. The number of imide groups is 1. The number of carbonyl (C=O) groups excluding carboxylic acids is 3. The van der Waals surface area contributed by atoms with E-state index < -0.39 is 0 Å². The molecule has 2 aromatic rings. The van der Waals surface area contributed by atoms with Crippen LogP contribution in [0, 0.1) is 5.82 Å². The highest BCUT2D eigenvalue weighted by Gasteiger charge is 2.34. The topological polar surface area (TPSA) is 96.6 Å². The minimum atomic E-state index is -0.347. The zero-order chi connectivity index (χ0) is 19.7. The molecule has 2 fully saturated rings. The second-order valence-corrected chi connectivity index (χ2v) is 7.00. The summed E-state index contributed by atoms with van der Waals surface area (Å²) in [4.78, 5) is 38.7. The van der Waals surface area contributed by atoms with Crippen LogP contribution < -0.4 is 0 Å². The molecule has 0 aliphatic carbocycles. The lowest BCUT2D eigenvalue weighted by Gasteiger charge is -2.32. The van der Waals surface area contributed by atoms with Crippen molar-refractivity contribution >= 4 is 17.7 Å². The number of carbonyl (C=O) groups is 3. The number of benzene rings is 1. The summed E-state index contributed by atoms with van der Waals surface area (Å²) in [5, 5.41) is 8.12. The van der Waals surface area contributed by atoms with Crippen LogP contribution in [0.5, 0.6) is 0 Å². The normalized spacial score (nSPS) is 20.1. The minimum absolute atomic E-state index is 0.121. The van der Waals surface area contributed by atoms with Crippen molar-refractivity contribution in [3.63, 3.8) is 0 Å². The molecule has 0 bridgehead atoms. The van der Waals surface area contributed by atoms with E-state index in [1.54, 1.807) is 17.0 Å². The van der Waals surface area contributed by atoms with E-state index in [9.17, 15) is 18.8 Å². The number of hydrogen-bond acceptors (Lipinski definition) is 6. The van der Waals surface area contributed by atoms with Gasteiger partial charge in [-0.1, -0.05) is 0 Å². The second-order valence-electron chi connectivity index (χ2n) is 7.00. The molecule has 28 heavy (non-hydrogen) atoms. The number of rotatable bonds is 4. The van der Waals surface area contributed by atoms with Crippen molar-refractivity contribution in [1.82, 2.24) is 20.0 Å². The number of halogens is 1. The third-order valence-corrected chi connectivity index (χ3v) is 5.10. The Bertz CT molecular complexity index is 895. The highest BCUT2D eigenvalue weighted by atomic mass is 19.1. The molecule has 2 saturated heterocycles. The Morgan fingerprint density at radius 2 is 1.86 bits per heavy atom. The van der Waals surface area contributed by atoms with Gasteiger partial charge in [0.15, 0.2) is 0 Å². The molecule has 1 aromatic heterocycles. The van der Waals surface area contributed by atoms with Gasteiger partial charge in [0.2, 0.25) is 29.5 Å². The van der Waals surface area contributed by atoms with Crippen LogP contribution in [-0.2, 0) is 14.4 Å². The van der Waals surface area contributed by atoms with Gasteiger partial charge in [0, 0.05) is 31.5 Å². The summed E-state index contributed by atoms with van der Waals surface area (Å²) in [6, 6.07) is 5.77. The summed E-state index contributed by atoms with van der Waals surface area (Å²) in [5.74, 6) is -0.604. The number of nitrogens with zero attached hydrogens (tertiary/aromatic N) is 4. The Labute approximate surface area is 160 Å². The van der Waals surface area contributed by atoms with Crippen molar-refractivity contribution in [1.29, 1.82) is 0 Å². The smallest absolute Gasteiger partial charge is 0.247 e. The predicted molar refractivity (Wildman–Crippen MR) is 94.2 cm³/mol. The van der Waals surface area contributed by atoms with Crippen molar-refractivity contribution in [3.05, 3.63) is 36.0 Å². The van der Waals surface area contributed by atoms with Crippen molar-refractivity contribution < 1.29 is 23.2 Å². The maximum absolute atomic E-state index is 13.1. The van der Waals surface area contributed by atoms with Crippen LogP contribution in [0.15, 0.2) is 28.7 Å². The van der Waals surface area contributed by atoms with E-state index in [1.807, 2.05) is 0 Å². The van der Waals surface area contributed by atoms with E-state index in [0.29, 0.717) is 30.4 Å². The average molecular weight is 386 g/mol. The number of hydrogen-bond donors (Lipinski definition) is 0. The molecule has 8 nitrogen and oxygen atoms in total. The molecule has 2 aliphatic rings. The molecule has 0 spiro atoms. The molecule has 0 radical (unpaired) electrons. The van der Waals surface area contributed by atoms with Crippen LogP contribution in [0.4, 0.5) is 4.39 Å². The van der Waals surface area contributed by atoms with Crippen molar-refractivity contribution in [3.8, 4) is 11.5 Å².